The predicted molar refractivity (Wildman–Crippen MR) is 428 cm³/mol. The molecular formula is C80H109N15O17S2. The third-order valence-electron chi connectivity index (χ3n) is 20.3. The van der Waals surface area contributed by atoms with Crippen LogP contribution in [-0.2, 0) is 93.1 Å². The van der Waals surface area contributed by atoms with E-state index in [1.165, 1.54) is 80.0 Å². The Morgan fingerprint density at radius 3 is 1.75 bits per heavy atom. The number of nitrogens with one attached hydrogen (secondary N) is 13. The predicted octanol–water partition coefficient (Wildman–Crippen LogP) is 1.52. The maximum absolute atomic E-state index is 15.3. The third kappa shape index (κ3) is 27.2. The van der Waals surface area contributed by atoms with Crippen molar-refractivity contribution in [3.8, 4) is 11.5 Å². The Morgan fingerprint density at radius 2 is 1.12 bits per heavy atom. The molecule has 13 atom stereocenters. The van der Waals surface area contributed by atoms with Gasteiger partial charge in [-0.2, -0.15) is 23.5 Å². The minimum Gasteiger partial charge on any atom is -0.508 e. The zero-order valence-electron chi connectivity index (χ0n) is 65.1. The standard InChI is InChI=1S/C80H109N15O17S2/c1-7-14-56-72(105)87-57-29-30-62(100)82-32-12-19-51(70(103)93-64(44(2)96)76(109)89-60(74(107)86-56)38-52-40-84-69-55(52)20-13-33-83-69)39-85-71(104)58(36-46-21-25-53(98)26-22-46)90-79(112)67(80(4,5)6)92-63(101)31-34-113-41-48-15-11-16-49(35-48)42-114-43-61(68(81)102)91-77(110)65(45(3)97)94-78(111)66(50-17-9-8-10-18-50)95-75(108)59(88-73(57)106)37-47-23-27-54(99)28-24-47/h11,13,15-16,20-28,33,35,40,44-45,50-51,56-61,64-67,96-99H,7-10,12,14,17-19,29-32,34,36-39,41-43H2,1-6H3,(H2,81,102)(H,82,100)(H,83,84)(H,85,104)(H,86,107)(H,87,105)(H,88,106)(H,89,109)(H,90,112)(H,91,110)(H,92,101)(H,93,103)(H,94,111)(H,95,108)/t44-,45-,51?,56+,57?,58+,59+,60+,61-,64-,65+,66+,67-/m1/s1. The largest absolute Gasteiger partial charge is 0.508 e. The van der Waals surface area contributed by atoms with Gasteiger partial charge in [-0.3, -0.25) is 62.3 Å². The number of fused-ring (bicyclic) bond motifs is 11. The molecule has 19 N–H and O–H groups in total. The minimum absolute atomic E-state index is 0.00837. The molecule has 1 saturated carbocycles. The van der Waals surface area contributed by atoms with Gasteiger partial charge in [0.1, 0.15) is 77.6 Å². The fourth-order valence-electron chi connectivity index (χ4n) is 13.8. The molecule has 2 unspecified atom stereocenters. The highest BCUT2D eigenvalue weighted by molar-refractivity contribution is 7.98. The highest BCUT2D eigenvalue weighted by atomic mass is 32.2. The number of hydrogen-bond acceptors (Lipinski definition) is 20. The summed E-state index contributed by atoms with van der Waals surface area (Å²) in [6, 6.07) is 7.44. The van der Waals surface area contributed by atoms with Crippen LogP contribution < -0.4 is 69.5 Å². The van der Waals surface area contributed by atoms with E-state index in [0.717, 1.165) is 17.5 Å². The van der Waals surface area contributed by atoms with E-state index < -0.39 is 186 Å². The molecule has 2 fully saturated rings. The van der Waals surface area contributed by atoms with Crippen molar-refractivity contribution in [2.24, 2.45) is 23.0 Å². The lowest BCUT2D eigenvalue weighted by molar-refractivity contribution is -0.137. The quantitative estimate of drug-likeness (QED) is 0.0842. The molecule has 1 aliphatic carbocycles. The lowest BCUT2D eigenvalue weighted by Gasteiger charge is -2.33. The molecule has 34 heteroatoms. The number of rotatable bonds is 12. The lowest BCUT2D eigenvalue weighted by Crippen LogP contribution is -2.63. The topological polar surface area (TPSA) is 502 Å². The van der Waals surface area contributed by atoms with E-state index in [9.17, 15) is 68.4 Å². The number of benzene rings is 3. The first-order valence-corrected chi connectivity index (χ1v) is 41.1. The van der Waals surface area contributed by atoms with Gasteiger partial charge in [0.15, 0.2) is 0 Å². The first kappa shape index (κ1) is 89.2. The SMILES string of the molecule is CCC[C@@H]1NC(=O)[C@H](Cc2c[nH]c3ncccc23)NC(=O)[C@@H]([C@@H](C)O)NC(=O)C2CCCNC(=O)CCC(NC1=O)C(=O)N[C@@H](Cc1ccc(O)cc1)C(=O)N[C@@H](C1CCCCC1)C(=O)N[C@@H]([C@@H](C)O)C(=O)N[C@@H](C(N)=O)CSCc1cccc(c1)CSCCC(=O)N[C@@H](C(C)(C)C)C(=O)N[C@@H](Cc1ccc(O)cc1)C(=O)NC2. The van der Waals surface area contributed by atoms with Gasteiger partial charge in [0, 0.05) is 86.0 Å². The molecule has 2 aliphatic heterocycles. The van der Waals surface area contributed by atoms with Crippen LogP contribution in [0, 0.1) is 17.3 Å². The summed E-state index contributed by atoms with van der Waals surface area (Å²) in [5.41, 5.74) is 8.48. The van der Waals surface area contributed by atoms with E-state index >= 15 is 14.4 Å². The van der Waals surface area contributed by atoms with Crippen molar-refractivity contribution in [2.75, 3.05) is 24.6 Å². The molecule has 3 aromatic carbocycles. The van der Waals surface area contributed by atoms with Crippen LogP contribution in [0.15, 0.2) is 97.3 Å². The van der Waals surface area contributed by atoms with Crippen molar-refractivity contribution >= 4 is 111 Å². The van der Waals surface area contributed by atoms with Crippen LogP contribution in [0.3, 0.4) is 0 Å². The van der Waals surface area contributed by atoms with Crippen molar-refractivity contribution < 1.29 is 82.8 Å². The van der Waals surface area contributed by atoms with Gasteiger partial charge in [-0.05, 0) is 128 Å². The third-order valence-corrected chi connectivity index (χ3v) is 22.4. The maximum atomic E-state index is 15.3. The molecule has 3 aliphatic rings. The monoisotopic (exact) mass is 1620 g/mol. The van der Waals surface area contributed by atoms with Crippen molar-refractivity contribution in [3.05, 3.63) is 125 Å². The first-order chi connectivity index (χ1) is 54.3. The maximum Gasteiger partial charge on any atom is 0.245 e. The summed E-state index contributed by atoms with van der Waals surface area (Å²) in [6.07, 6.45) is 1.28. The van der Waals surface area contributed by atoms with Gasteiger partial charge in [0.2, 0.25) is 76.8 Å². The number of H-pyrrole nitrogens is 1. The van der Waals surface area contributed by atoms with Crippen LogP contribution in [0.25, 0.3) is 11.0 Å². The minimum atomic E-state index is -1.78. The smallest absolute Gasteiger partial charge is 0.245 e. The number of thioether (sulfide) groups is 2. The summed E-state index contributed by atoms with van der Waals surface area (Å²) in [7, 11) is 0. The second-order valence-corrected chi connectivity index (χ2v) is 32.7. The summed E-state index contributed by atoms with van der Waals surface area (Å²) in [5, 5.41) is 76.4. The molecule has 13 amide bonds. The number of aromatic amines is 1. The highest BCUT2D eigenvalue weighted by Crippen LogP contribution is 2.29. The van der Waals surface area contributed by atoms with E-state index in [1.807, 2.05) is 24.3 Å². The second kappa shape index (κ2) is 43.2. The lowest BCUT2D eigenvalue weighted by atomic mass is 9.83. The zero-order valence-corrected chi connectivity index (χ0v) is 66.7. The molecule has 2 aromatic heterocycles. The van der Waals surface area contributed by atoms with Crippen LogP contribution in [0.2, 0.25) is 0 Å². The van der Waals surface area contributed by atoms with Crippen molar-refractivity contribution in [1.29, 1.82) is 0 Å². The average molecular weight is 1620 g/mol. The van der Waals surface area contributed by atoms with Gasteiger partial charge in [-0.1, -0.05) is 102 Å². The van der Waals surface area contributed by atoms with E-state index in [2.05, 4.69) is 73.8 Å². The number of aliphatic hydroxyl groups excluding tert-OH is 2. The summed E-state index contributed by atoms with van der Waals surface area (Å²) < 4.78 is 0. The highest BCUT2D eigenvalue weighted by Gasteiger charge is 2.41. The van der Waals surface area contributed by atoms with Gasteiger partial charge < -0.3 is 94.9 Å². The Balaban J connectivity index is 1.18. The molecule has 4 heterocycles. The van der Waals surface area contributed by atoms with Crippen LogP contribution in [0.5, 0.6) is 11.5 Å². The van der Waals surface area contributed by atoms with Gasteiger partial charge in [-0.15, -0.1) is 0 Å². The Kier molecular flexibility index (Phi) is 33.8. The number of nitrogens with two attached hydrogens (primary N) is 1. The Morgan fingerprint density at radius 1 is 0.553 bits per heavy atom. The molecule has 618 valence electrons. The number of pyridine rings is 1. The Labute approximate surface area is 670 Å². The number of aromatic hydroxyl groups is 2. The van der Waals surface area contributed by atoms with Crippen molar-refractivity contribution in [3.63, 3.8) is 0 Å². The zero-order chi connectivity index (χ0) is 82.8. The molecule has 114 heavy (non-hydrogen) atoms. The van der Waals surface area contributed by atoms with Crippen LogP contribution >= 0.6 is 23.5 Å². The van der Waals surface area contributed by atoms with Gasteiger partial charge in [0.05, 0.1) is 18.1 Å². The van der Waals surface area contributed by atoms with E-state index in [1.54, 1.807) is 58.2 Å². The molecule has 32 nitrogen and oxygen atoms in total. The number of phenols is 2. The van der Waals surface area contributed by atoms with Gasteiger partial charge >= 0.3 is 0 Å². The number of nitrogens with zero attached hydrogens (tertiary/aromatic N) is 1. The van der Waals surface area contributed by atoms with E-state index in [0.29, 0.717) is 70.7 Å². The number of aromatic nitrogens is 2. The normalized spacial score (nSPS) is 25.4. The van der Waals surface area contributed by atoms with E-state index in [-0.39, 0.29) is 75.2 Å². The molecule has 0 spiro atoms. The molecule has 4 bridgehead atoms. The number of primary amides is 1. The number of hydrogen-bond donors (Lipinski definition) is 18. The number of carbonyl (C=O) groups is 13. The Hall–Kier alpha value is -10.3. The molecule has 1 saturated heterocycles. The number of amides is 13. The molecular weight excluding hydrogens is 1510 g/mol. The van der Waals surface area contributed by atoms with Gasteiger partial charge in [0.25, 0.3) is 0 Å². The molecule has 8 rings (SSSR count). The number of phenolic OH excluding ortho intramolecular Hbond substituents is 2. The first-order valence-electron chi connectivity index (χ1n) is 38.8. The fraction of sp³-hybridized carbons (Fsp3) is 0.525. The second-order valence-electron chi connectivity index (χ2n) is 30.5. The van der Waals surface area contributed by atoms with Gasteiger partial charge in [-0.25, -0.2) is 4.98 Å². The summed E-state index contributed by atoms with van der Waals surface area (Å²) in [6.45, 7) is 8.80. The number of aliphatic hydroxyl groups is 2. The average Bonchev–Trinajstić information content (AvgIpc) is 1.23. The number of carbonyl (C=O) groups excluding carboxylic acids is 13. The van der Waals surface area contributed by atoms with Crippen LogP contribution in [0.4, 0.5) is 0 Å². The fourth-order valence-corrected chi connectivity index (χ4v) is 15.7. The van der Waals surface area contributed by atoms with E-state index in [4.69, 9.17) is 5.73 Å². The van der Waals surface area contributed by atoms with Crippen LogP contribution in [0.1, 0.15) is 146 Å². The molecule has 5 aromatic rings. The summed E-state index contributed by atoms with van der Waals surface area (Å²) >= 11 is 2.73. The summed E-state index contributed by atoms with van der Waals surface area (Å²) in [4.78, 5) is 197. The van der Waals surface area contributed by atoms with Crippen molar-refractivity contribution in [1.82, 2.24) is 73.8 Å². The van der Waals surface area contributed by atoms with Crippen molar-refractivity contribution in [2.45, 2.75) is 222 Å². The summed E-state index contributed by atoms with van der Waals surface area (Å²) in [5.74, 6) is -12.0. The van der Waals surface area contributed by atoms with Crippen LogP contribution in [-0.4, -0.2) is 204 Å². The molecule has 0 radical (unpaired) electrons. The Bertz CT molecular complexity index is 4170.